The van der Waals surface area contributed by atoms with Crippen LogP contribution in [-0.4, -0.2) is 32.7 Å². The largest absolute Gasteiger partial charge is 0.497 e. The van der Waals surface area contributed by atoms with Gasteiger partial charge in [-0.15, -0.1) is 0 Å². The third kappa shape index (κ3) is 3.95. The minimum atomic E-state index is -0.410. The molecule has 5 nitrogen and oxygen atoms in total. The van der Waals surface area contributed by atoms with Gasteiger partial charge in [-0.2, -0.15) is 5.26 Å². The number of anilines is 1. The molecule has 2 aromatic carbocycles. The molecule has 0 aromatic heterocycles. The summed E-state index contributed by atoms with van der Waals surface area (Å²) in [4.78, 5) is 18.5. The molecule has 0 atom stereocenters. The predicted octanol–water partition coefficient (Wildman–Crippen LogP) is 3.24. The number of Topliss-reactive ketones (excluding diaryl/α,β-unsaturated/α-hetero) is 1. The summed E-state index contributed by atoms with van der Waals surface area (Å²) in [6, 6.07) is 15.8. The molecule has 0 amide bonds. The van der Waals surface area contributed by atoms with E-state index in [1.165, 1.54) is 0 Å². The molecule has 0 aliphatic heterocycles. The Balaban J connectivity index is 2.26. The Labute approximate surface area is 135 Å². The molecule has 0 unspecified atom stereocenters. The molecule has 0 saturated heterocycles. The van der Waals surface area contributed by atoms with E-state index in [1.807, 2.05) is 37.2 Å². The lowest BCUT2D eigenvalue weighted by atomic mass is 10.1. The van der Waals surface area contributed by atoms with Gasteiger partial charge in [-0.1, -0.05) is 0 Å². The maximum atomic E-state index is 12.4. The van der Waals surface area contributed by atoms with Gasteiger partial charge in [0.15, 0.2) is 5.71 Å². The average Bonchev–Trinajstić information content (AvgIpc) is 2.59. The van der Waals surface area contributed by atoms with Crippen molar-refractivity contribution in [1.29, 1.82) is 5.26 Å². The Kier molecular flexibility index (Phi) is 5.11. The molecule has 0 fully saturated rings. The SMILES string of the molecule is COc1ccc(C(=O)C(C#N)=Nc2ccc(N(C)C)cc2)cc1. The van der Waals surface area contributed by atoms with Gasteiger partial charge in [-0.3, -0.25) is 4.79 Å². The van der Waals surface area contributed by atoms with E-state index in [0.29, 0.717) is 17.0 Å². The molecule has 0 radical (unpaired) electrons. The van der Waals surface area contributed by atoms with Crippen LogP contribution in [0.2, 0.25) is 0 Å². The number of carbonyl (C=O) groups excluding carboxylic acids is 1. The smallest absolute Gasteiger partial charge is 0.222 e. The fourth-order valence-electron chi connectivity index (χ4n) is 1.96. The number of carbonyl (C=O) groups is 1. The van der Waals surface area contributed by atoms with Gasteiger partial charge >= 0.3 is 0 Å². The first-order valence-corrected chi connectivity index (χ1v) is 7.00. The van der Waals surface area contributed by atoms with Crippen LogP contribution in [0.4, 0.5) is 11.4 Å². The van der Waals surface area contributed by atoms with Crippen molar-refractivity contribution in [1.82, 2.24) is 0 Å². The third-order valence-electron chi connectivity index (χ3n) is 3.28. The van der Waals surface area contributed by atoms with E-state index >= 15 is 0 Å². The van der Waals surface area contributed by atoms with Crippen molar-refractivity contribution in [2.75, 3.05) is 26.1 Å². The summed E-state index contributed by atoms with van der Waals surface area (Å²) in [5.74, 6) is 0.239. The Morgan fingerprint density at radius 2 is 1.70 bits per heavy atom. The lowest BCUT2D eigenvalue weighted by molar-refractivity contribution is 0.106. The maximum absolute atomic E-state index is 12.4. The van der Waals surface area contributed by atoms with Crippen LogP contribution in [0.25, 0.3) is 0 Å². The highest BCUT2D eigenvalue weighted by Crippen LogP contribution is 2.19. The number of nitriles is 1. The van der Waals surface area contributed by atoms with Gasteiger partial charge in [0, 0.05) is 25.3 Å². The van der Waals surface area contributed by atoms with Crippen LogP contribution < -0.4 is 9.64 Å². The van der Waals surface area contributed by atoms with Crippen LogP contribution in [0.5, 0.6) is 5.75 Å². The van der Waals surface area contributed by atoms with E-state index in [4.69, 9.17) is 4.74 Å². The number of rotatable bonds is 5. The highest BCUT2D eigenvalue weighted by atomic mass is 16.5. The van der Waals surface area contributed by atoms with Crippen molar-refractivity contribution in [2.24, 2.45) is 4.99 Å². The minimum Gasteiger partial charge on any atom is -0.497 e. The van der Waals surface area contributed by atoms with Crippen LogP contribution in [0, 0.1) is 11.3 Å². The van der Waals surface area contributed by atoms with Crippen molar-refractivity contribution < 1.29 is 9.53 Å². The second-order valence-corrected chi connectivity index (χ2v) is 5.04. The lowest BCUT2D eigenvalue weighted by Crippen LogP contribution is -2.12. The monoisotopic (exact) mass is 307 g/mol. The van der Waals surface area contributed by atoms with E-state index in [0.717, 1.165) is 5.69 Å². The molecule has 0 bridgehead atoms. The molecule has 116 valence electrons. The first-order chi connectivity index (χ1) is 11.0. The van der Waals surface area contributed by atoms with Gasteiger partial charge in [0.05, 0.1) is 12.8 Å². The van der Waals surface area contributed by atoms with Crippen molar-refractivity contribution in [2.45, 2.75) is 0 Å². The van der Waals surface area contributed by atoms with E-state index in [1.54, 1.807) is 43.5 Å². The number of ketones is 1. The summed E-state index contributed by atoms with van der Waals surface area (Å²) in [5.41, 5.74) is 1.83. The topological polar surface area (TPSA) is 65.7 Å². The zero-order valence-corrected chi connectivity index (χ0v) is 13.3. The molecule has 5 heteroatoms. The molecule has 2 aromatic rings. The number of benzene rings is 2. The number of aliphatic imine (C=N–C) groups is 1. The second kappa shape index (κ2) is 7.23. The van der Waals surface area contributed by atoms with Crippen LogP contribution in [0.15, 0.2) is 53.5 Å². The number of hydrogen-bond donors (Lipinski definition) is 0. The van der Waals surface area contributed by atoms with E-state index in [2.05, 4.69) is 4.99 Å². The molecular formula is C18H17N3O2. The van der Waals surface area contributed by atoms with Crippen molar-refractivity contribution in [3.05, 3.63) is 54.1 Å². The Bertz CT molecular complexity index is 754. The number of nitrogens with zero attached hydrogens (tertiary/aromatic N) is 3. The van der Waals surface area contributed by atoms with Crippen LogP contribution in [0.3, 0.4) is 0 Å². The first kappa shape index (κ1) is 16.2. The zero-order valence-electron chi connectivity index (χ0n) is 13.3. The Hall–Kier alpha value is -3.13. The summed E-state index contributed by atoms with van der Waals surface area (Å²) in [6.45, 7) is 0. The molecule has 2 rings (SSSR count). The number of hydrogen-bond acceptors (Lipinski definition) is 5. The fourth-order valence-corrected chi connectivity index (χ4v) is 1.96. The number of methoxy groups -OCH3 is 1. The maximum Gasteiger partial charge on any atom is 0.222 e. The van der Waals surface area contributed by atoms with E-state index in [9.17, 15) is 10.1 Å². The molecule has 0 heterocycles. The van der Waals surface area contributed by atoms with Crippen LogP contribution in [-0.2, 0) is 0 Å². The summed E-state index contributed by atoms with van der Waals surface area (Å²) in [6.07, 6.45) is 0. The van der Waals surface area contributed by atoms with Crippen molar-refractivity contribution in [3.63, 3.8) is 0 Å². The highest BCUT2D eigenvalue weighted by molar-refractivity contribution is 6.51. The summed E-state index contributed by atoms with van der Waals surface area (Å²) >= 11 is 0. The van der Waals surface area contributed by atoms with Crippen LogP contribution >= 0.6 is 0 Å². The van der Waals surface area contributed by atoms with Gasteiger partial charge in [0.1, 0.15) is 11.8 Å². The first-order valence-electron chi connectivity index (χ1n) is 7.00. The fraction of sp³-hybridized carbons (Fsp3) is 0.167. The van der Waals surface area contributed by atoms with Crippen molar-refractivity contribution >= 4 is 22.9 Å². The predicted molar refractivity (Wildman–Crippen MR) is 90.8 cm³/mol. The van der Waals surface area contributed by atoms with Gasteiger partial charge in [0.25, 0.3) is 0 Å². The summed E-state index contributed by atoms with van der Waals surface area (Å²) in [7, 11) is 5.43. The van der Waals surface area contributed by atoms with Crippen LogP contribution in [0.1, 0.15) is 10.4 Å². The molecule has 23 heavy (non-hydrogen) atoms. The van der Waals surface area contributed by atoms with Crippen molar-refractivity contribution in [3.8, 4) is 11.8 Å². The highest BCUT2D eigenvalue weighted by Gasteiger charge is 2.14. The Morgan fingerprint density at radius 1 is 1.09 bits per heavy atom. The quantitative estimate of drug-likeness (QED) is 0.628. The minimum absolute atomic E-state index is 0.146. The third-order valence-corrected chi connectivity index (χ3v) is 3.28. The van der Waals surface area contributed by atoms with E-state index in [-0.39, 0.29) is 5.71 Å². The number of ether oxygens (including phenoxy) is 1. The second-order valence-electron chi connectivity index (χ2n) is 5.04. The summed E-state index contributed by atoms with van der Waals surface area (Å²) in [5, 5.41) is 9.23. The standard InChI is InChI=1S/C18H17N3O2/c1-21(2)15-8-6-14(7-9-15)20-17(12-19)18(22)13-4-10-16(23-3)11-5-13/h4-11H,1-3H3. The molecular weight excluding hydrogens is 290 g/mol. The molecule has 0 saturated carbocycles. The Morgan fingerprint density at radius 3 is 2.17 bits per heavy atom. The summed E-state index contributed by atoms with van der Waals surface area (Å²) < 4.78 is 5.05. The molecule has 0 aliphatic carbocycles. The molecule has 0 spiro atoms. The lowest BCUT2D eigenvalue weighted by Gasteiger charge is -2.11. The van der Waals surface area contributed by atoms with E-state index < -0.39 is 5.78 Å². The van der Waals surface area contributed by atoms with Gasteiger partial charge < -0.3 is 9.64 Å². The van der Waals surface area contributed by atoms with Gasteiger partial charge in [0.2, 0.25) is 5.78 Å². The average molecular weight is 307 g/mol. The van der Waals surface area contributed by atoms with Gasteiger partial charge in [-0.05, 0) is 48.5 Å². The van der Waals surface area contributed by atoms with Gasteiger partial charge in [-0.25, -0.2) is 4.99 Å². The molecule has 0 aliphatic rings. The zero-order chi connectivity index (χ0) is 16.8. The normalized spacial score (nSPS) is 10.8. The molecule has 0 N–H and O–H groups in total.